The highest BCUT2D eigenvalue weighted by atomic mass is 35.5. The molecule has 6 nitrogen and oxygen atoms in total. The second kappa shape index (κ2) is 6.46. The molecule has 2 aromatic heterocycles. The monoisotopic (exact) mass is 355 g/mol. The minimum atomic E-state index is -0.0714. The van der Waals surface area contributed by atoms with Crippen molar-refractivity contribution < 1.29 is 0 Å². The minimum absolute atomic E-state index is 0.0714. The summed E-state index contributed by atoms with van der Waals surface area (Å²) in [5.41, 5.74) is 4.44. The number of nitrogens with one attached hydrogen (secondary N) is 2. The first-order valence-corrected chi connectivity index (χ1v) is 8.57. The van der Waals surface area contributed by atoms with Crippen molar-refractivity contribution in [2.45, 2.75) is 26.4 Å². The number of aromatic nitrogens is 4. The third kappa shape index (κ3) is 3.36. The van der Waals surface area contributed by atoms with Gasteiger partial charge in [0.15, 0.2) is 0 Å². The molecule has 1 aliphatic heterocycles. The normalized spacial score (nSPS) is 14.5. The molecule has 25 heavy (non-hydrogen) atoms. The fourth-order valence-electron chi connectivity index (χ4n) is 3.14. The van der Waals surface area contributed by atoms with Gasteiger partial charge in [-0.25, -0.2) is 4.98 Å². The third-order valence-electron chi connectivity index (χ3n) is 4.41. The lowest BCUT2D eigenvalue weighted by Crippen LogP contribution is -2.35. The van der Waals surface area contributed by atoms with E-state index in [-0.39, 0.29) is 5.56 Å². The Kier molecular flexibility index (Phi) is 4.15. The molecule has 1 aromatic carbocycles. The maximum absolute atomic E-state index is 12.6. The molecule has 3 aromatic rings. The SMILES string of the molecule is Cc1cc(CN2CCc3nc(-c4ccc(Cl)cc4)[nH]c(=O)c3C2)n[nH]1. The van der Waals surface area contributed by atoms with Gasteiger partial charge in [0, 0.05) is 42.3 Å². The molecule has 1 aliphatic rings. The van der Waals surface area contributed by atoms with E-state index in [1.807, 2.05) is 25.1 Å². The summed E-state index contributed by atoms with van der Waals surface area (Å²) in [6.45, 7) is 4.15. The number of fused-ring (bicyclic) bond motifs is 1. The van der Waals surface area contributed by atoms with E-state index in [0.717, 1.165) is 47.7 Å². The van der Waals surface area contributed by atoms with Crippen LogP contribution in [0.4, 0.5) is 0 Å². The summed E-state index contributed by atoms with van der Waals surface area (Å²) in [7, 11) is 0. The Morgan fingerprint density at radius 2 is 2.08 bits per heavy atom. The molecule has 0 amide bonds. The predicted octanol–water partition coefficient (Wildman–Crippen LogP) is 2.68. The van der Waals surface area contributed by atoms with E-state index in [1.165, 1.54) is 0 Å². The van der Waals surface area contributed by atoms with Gasteiger partial charge in [-0.1, -0.05) is 11.6 Å². The van der Waals surface area contributed by atoms with Gasteiger partial charge in [-0.3, -0.25) is 14.8 Å². The number of aromatic amines is 2. The van der Waals surface area contributed by atoms with Crippen molar-refractivity contribution >= 4 is 11.6 Å². The first-order chi connectivity index (χ1) is 12.1. The van der Waals surface area contributed by atoms with Crippen LogP contribution in [0.1, 0.15) is 22.6 Å². The fraction of sp³-hybridized carbons (Fsp3) is 0.278. The molecule has 128 valence electrons. The second-order valence-corrected chi connectivity index (χ2v) is 6.79. The minimum Gasteiger partial charge on any atom is -0.306 e. The summed E-state index contributed by atoms with van der Waals surface area (Å²) >= 11 is 5.92. The van der Waals surface area contributed by atoms with Crippen LogP contribution in [-0.4, -0.2) is 31.6 Å². The van der Waals surface area contributed by atoms with Gasteiger partial charge >= 0.3 is 0 Å². The number of H-pyrrole nitrogens is 2. The number of hydrogen-bond donors (Lipinski definition) is 2. The molecule has 2 N–H and O–H groups in total. The van der Waals surface area contributed by atoms with Crippen LogP contribution in [0.3, 0.4) is 0 Å². The topological polar surface area (TPSA) is 77.7 Å². The van der Waals surface area contributed by atoms with E-state index in [1.54, 1.807) is 12.1 Å². The van der Waals surface area contributed by atoms with Crippen molar-refractivity contribution in [1.29, 1.82) is 0 Å². The molecule has 0 radical (unpaired) electrons. The maximum Gasteiger partial charge on any atom is 0.255 e. The average molecular weight is 356 g/mol. The summed E-state index contributed by atoms with van der Waals surface area (Å²) in [4.78, 5) is 22.4. The Morgan fingerprint density at radius 1 is 1.28 bits per heavy atom. The molecule has 0 unspecified atom stereocenters. The van der Waals surface area contributed by atoms with Crippen LogP contribution in [0.25, 0.3) is 11.4 Å². The molecular formula is C18H18ClN5O. The van der Waals surface area contributed by atoms with Gasteiger partial charge in [0.25, 0.3) is 5.56 Å². The van der Waals surface area contributed by atoms with Gasteiger partial charge in [-0.15, -0.1) is 0 Å². The molecular weight excluding hydrogens is 338 g/mol. The Hall–Kier alpha value is -2.44. The van der Waals surface area contributed by atoms with Crippen LogP contribution in [-0.2, 0) is 19.5 Å². The molecule has 0 spiro atoms. The van der Waals surface area contributed by atoms with E-state index in [2.05, 4.69) is 25.1 Å². The number of benzene rings is 1. The van der Waals surface area contributed by atoms with Crippen LogP contribution >= 0.6 is 11.6 Å². The van der Waals surface area contributed by atoms with E-state index in [4.69, 9.17) is 11.6 Å². The molecule has 0 aliphatic carbocycles. The van der Waals surface area contributed by atoms with Crippen molar-refractivity contribution in [3.05, 3.63) is 68.4 Å². The molecule has 0 saturated heterocycles. The quantitative estimate of drug-likeness (QED) is 0.757. The van der Waals surface area contributed by atoms with E-state index < -0.39 is 0 Å². The molecule has 0 fully saturated rings. The summed E-state index contributed by atoms with van der Waals surface area (Å²) in [6.07, 6.45) is 0.753. The van der Waals surface area contributed by atoms with Crippen LogP contribution in [0.15, 0.2) is 35.1 Å². The zero-order valence-electron chi connectivity index (χ0n) is 13.8. The van der Waals surface area contributed by atoms with Gasteiger partial charge in [-0.05, 0) is 37.3 Å². The van der Waals surface area contributed by atoms with E-state index in [0.29, 0.717) is 17.4 Å². The van der Waals surface area contributed by atoms with Crippen molar-refractivity contribution in [3.63, 3.8) is 0 Å². The Labute approximate surface area is 149 Å². The van der Waals surface area contributed by atoms with Crippen LogP contribution in [0.5, 0.6) is 0 Å². The first kappa shape index (κ1) is 16.1. The summed E-state index contributed by atoms with van der Waals surface area (Å²) in [5.74, 6) is 0.594. The van der Waals surface area contributed by atoms with Crippen molar-refractivity contribution in [2.75, 3.05) is 6.54 Å². The number of halogens is 1. The lowest BCUT2D eigenvalue weighted by molar-refractivity contribution is 0.239. The summed E-state index contributed by atoms with van der Waals surface area (Å²) in [6, 6.07) is 9.35. The standard InChI is InChI=1S/C18H18ClN5O/c1-11-8-14(23-22-11)9-24-7-6-16-15(10-24)18(25)21-17(20-16)12-2-4-13(19)5-3-12/h2-5,8H,6-7,9-10H2,1H3,(H,22,23)(H,20,21,25). The van der Waals surface area contributed by atoms with Crippen molar-refractivity contribution in [1.82, 2.24) is 25.1 Å². The number of hydrogen-bond acceptors (Lipinski definition) is 4. The third-order valence-corrected chi connectivity index (χ3v) is 4.66. The average Bonchev–Trinajstić information content (AvgIpc) is 3.01. The molecule has 0 atom stereocenters. The molecule has 7 heteroatoms. The molecule has 4 rings (SSSR count). The number of nitrogens with zero attached hydrogens (tertiary/aromatic N) is 3. The lowest BCUT2D eigenvalue weighted by Gasteiger charge is -2.26. The van der Waals surface area contributed by atoms with Crippen LogP contribution in [0, 0.1) is 6.92 Å². The van der Waals surface area contributed by atoms with E-state index >= 15 is 0 Å². The molecule has 3 heterocycles. The predicted molar refractivity (Wildman–Crippen MR) is 96.4 cm³/mol. The summed E-state index contributed by atoms with van der Waals surface area (Å²) in [5, 5.41) is 7.88. The van der Waals surface area contributed by atoms with Gasteiger partial charge in [0.2, 0.25) is 0 Å². The highest BCUT2D eigenvalue weighted by molar-refractivity contribution is 6.30. The van der Waals surface area contributed by atoms with E-state index in [9.17, 15) is 4.79 Å². The number of rotatable bonds is 3. The van der Waals surface area contributed by atoms with Crippen molar-refractivity contribution in [2.24, 2.45) is 0 Å². The van der Waals surface area contributed by atoms with Crippen LogP contribution < -0.4 is 5.56 Å². The lowest BCUT2D eigenvalue weighted by atomic mass is 10.1. The first-order valence-electron chi connectivity index (χ1n) is 8.20. The van der Waals surface area contributed by atoms with Gasteiger partial charge in [0.1, 0.15) is 5.82 Å². The van der Waals surface area contributed by atoms with Gasteiger partial charge < -0.3 is 4.98 Å². The van der Waals surface area contributed by atoms with Gasteiger partial charge in [-0.2, -0.15) is 5.10 Å². The van der Waals surface area contributed by atoms with Crippen molar-refractivity contribution in [3.8, 4) is 11.4 Å². The summed E-state index contributed by atoms with van der Waals surface area (Å²) < 4.78 is 0. The Morgan fingerprint density at radius 3 is 2.80 bits per heavy atom. The molecule has 0 saturated carbocycles. The molecule has 0 bridgehead atoms. The smallest absolute Gasteiger partial charge is 0.255 e. The highest BCUT2D eigenvalue weighted by Crippen LogP contribution is 2.21. The van der Waals surface area contributed by atoms with Crippen LogP contribution in [0.2, 0.25) is 5.02 Å². The Balaban J connectivity index is 1.59. The fourth-order valence-corrected chi connectivity index (χ4v) is 3.27. The second-order valence-electron chi connectivity index (χ2n) is 6.35. The largest absolute Gasteiger partial charge is 0.306 e. The Bertz CT molecular complexity index is 960. The van der Waals surface area contributed by atoms with Gasteiger partial charge in [0.05, 0.1) is 17.0 Å². The highest BCUT2D eigenvalue weighted by Gasteiger charge is 2.22. The maximum atomic E-state index is 12.6. The zero-order valence-corrected chi connectivity index (χ0v) is 14.6. The number of aryl methyl sites for hydroxylation is 1. The zero-order chi connectivity index (χ0) is 17.4.